The summed E-state index contributed by atoms with van der Waals surface area (Å²) >= 11 is 6.87. The third kappa shape index (κ3) is 4.60. The van der Waals surface area contributed by atoms with E-state index >= 15 is 0 Å². The van der Waals surface area contributed by atoms with E-state index in [1.54, 1.807) is 37.3 Å². The van der Waals surface area contributed by atoms with Gasteiger partial charge in [0.2, 0.25) is 0 Å². The number of rotatable bonds is 7. The first-order valence-electron chi connectivity index (χ1n) is 9.45. The maximum absolute atomic E-state index is 14.3. The van der Waals surface area contributed by atoms with E-state index in [9.17, 15) is 22.7 Å². The summed E-state index contributed by atoms with van der Waals surface area (Å²) in [4.78, 5) is 4.39. The number of aromatic nitrogens is 1. The molecule has 0 bridgehead atoms. The number of benzene rings is 2. The van der Waals surface area contributed by atoms with Gasteiger partial charge in [-0.2, -0.15) is 24.9 Å². The van der Waals surface area contributed by atoms with Gasteiger partial charge in [-0.1, -0.05) is 17.7 Å². The number of ether oxygens (including phenoxy) is 1. The topological polar surface area (TPSA) is 54.4 Å². The summed E-state index contributed by atoms with van der Waals surface area (Å²) in [6, 6.07) is 8.33. The van der Waals surface area contributed by atoms with Gasteiger partial charge in [-0.05, 0) is 49.6 Å². The Balaban J connectivity index is 2.28. The standard InChI is InChI=1S/C22H21ClF4N2O2S/c1-12-7-8-14-17(28-12)5-4-6-18(14)29-20(21(30,11-32-3)22(25,26)27)15-9-13(24)10-16(23)19(15)31-2/h4-10,20,29-30H,11H2,1-3H3. The maximum Gasteiger partial charge on any atom is 0.420 e. The number of nitrogens with zero attached hydrogens (tertiary/aromatic N) is 1. The molecule has 0 aliphatic rings. The Hall–Kier alpha value is -2.23. The molecule has 32 heavy (non-hydrogen) atoms. The highest BCUT2D eigenvalue weighted by Gasteiger charge is 2.59. The summed E-state index contributed by atoms with van der Waals surface area (Å²) in [7, 11) is 1.21. The Morgan fingerprint density at radius 1 is 1.22 bits per heavy atom. The van der Waals surface area contributed by atoms with E-state index in [2.05, 4.69) is 10.3 Å². The van der Waals surface area contributed by atoms with Crippen molar-refractivity contribution in [1.82, 2.24) is 4.98 Å². The van der Waals surface area contributed by atoms with Gasteiger partial charge in [-0.3, -0.25) is 4.98 Å². The van der Waals surface area contributed by atoms with Gasteiger partial charge in [-0.25, -0.2) is 4.39 Å². The van der Waals surface area contributed by atoms with Crippen molar-refractivity contribution in [3.63, 3.8) is 0 Å². The van der Waals surface area contributed by atoms with Crippen molar-refractivity contribution >= 4 is 40.0 Å². The summed E-state index contributed by atoms with van der Waals surface area (Å²) in [5.74, 6) is -1.74. The number of methoxy groups -OCH3 is 1. The molecule has 0 fully saturated rings. The first kappa shape index (κ1) is 24.4. The Morgan fingerprint density at radius 2 is 1.94 bits per heavy atom. The van der Waals surface area contributed by atoms with E-state index in [0.29, 0.717) is 10.9 Å². The average molecular weight is 489 g/mol. The molecule has 0 aliphatic heterocycles. The minimum atomic E-state index is -5.06. The molecule has 3 aromatic rings. The molecular formula is C22H21ClF4N2O2S. The van der Waals surface area contributed by atoms with Crippen LogP contribution in [-0.4, -0.2) is 41.0 Å². The molecule has 0 saturated heterocycles. The number of hydrogen-bond donors (Lipinski definition) is 2. The number of hydrogen-bond acceptors (Lipinski definition) is 5. The summed E-state index contributed by atoms with van der Waals surface area (Å²) in [5.41, 5.74) is -1.97. The molecule has 0 saturated carbocycles. The number of aryl methyl sites for hydroxylation is 1. The second-order valence-electron chi connectivity index (χ2n) is 7.27. The lowest BCUT2D eigenvalue weighted by Gasteiger charge is -2.39. The fourth-order valence-electron chi connectivity index (χ4n) is 3.55. The molecule has 2 aromatic carbocycles. The number of aliphatic hydroxyl groups is 1. The van der Waals surface area contributed by atoms with E-state index in [-0.39, 0.29) is 22.0 Å². The van der Waals surface area contributed by atoms with Gasteiger partial charge in [-0.15, -0.1) is 0 Å². The molecule has 2 N–H and O–H groups in total. The van der Waals surface area contributed by atoms with Crippen LogP contribution in [0.5, 0.6) is 5.75 Å². The fourth-order valence-corrected chi connectivity index (χ4v) is 4.61. The first-order chi connectivity index (χ1) is 15.0. The molecule has 1 heterocycles. The highest BCUT2D eigenvalue weighted by atomic mass is 35.5. The lowest BCUT2D eigenvalue weighted by molar-refractivity contribution is -0.256. The number of anilines is 1. The second kappa shape index (κ2) is 9.33. The van der Waals surface area contributed by atoms with E-state index in [0.717, 1.165) is 29.6 Å². The molecule has 172 valence electrons. The Labute approximate surface area is 191 Å². The SMILES string of the molecule is COc1c(Cl)cc(F)cc1C(Nc1cccc2nc(C)ccc12)C(O)(CSC)C(F)(F)F. The number of thioether (sulfide) groups is 1. The van der Waals surface area contributed by atoms with Crippen molar-refractivity contribution < 1.29 is 27.4 Å². The van der Waals surface area contributed by atoms with Crippen LogP contribution in [0.4, 0.5) is 23.2 Å². The highest BCUT2D eigenvalue weighted by Crippen LogP contribution is 2.47. The molecule has 2 unspecified atom stereocenters. The van der Waals surface area contributed by atoms with Crippen LogP contribution in [0.2, 0.25) is 5.02 Å². The first-order valence-corrected chi connectivity index (χ1v) is 11.2. The lowest BCUT2D eigenvalue weighted by atomic mass is 9.88. The number of nitrogens with one attached hydrogen (secondary N) is 1. The molecule has 0 spiro atoms. The normalized spacial score (nSPS) is 14.8. The zero-order valence-electron chi connectivity index (χ0n) is 17.4. The maximum atomic E-state index is 14.3. The minimum absolute atomic E-state index is 0.163. The lowest BCUT2D eigenvalue weighted by Crippen LogP contribution is -2.54. The molecule has 0 amide bonds. The van der Waals surface area contributed by atoms with Crippen molar-refractivity contribution in [2.45, 2.75) is 24.7 Å². The molecule has 2 atom stereocenters. The van der Waals surface area contributed by atoms with Crippen molar-refractivity contribution in [3.05, 3.63) is 64.6 Å². The average Bonchev–Trinajstić information content (AvgIpc) is 2.70. The van der Waals surface area contributed by atoms with Crippen LogP contribution in [0.1, 0.15) is 17.3 Å². The van der Waals surface area contributed by atoms with Crippen molar-refractivity contribution in [2.24, 2.45) is 0 Å². The molecule has 1 aromatic heterocycles. The molecule has 3 rings (SSSR count). The third-order valence-electron chi connectivity index (χ3n) is 5.06. The van der Waals surface area contributed by atoms with Gasteiger partial charge in [0.25, 0.3) is 0 Å². The van der Waals surface area contributed by atoms with Crippen LogP contribution in [0.3, 0.4) is 0 Å². The Morgan fingerprint density at radius 3 is 2.56 bits per heavy atom. The summed E-state index contributed by atoms with van der Waals surface area (Å²) < 4.78 is 62.2. The van der Waals surface area contributed by atoms with Crippen LogP contribution in [0.25, 0.3) is 10.9 Å². The van der Waals surface area contributed by atoms with Gasteiger partial charge in [0, 0.05) is 28.1 Å². The van der Waals surface area contributed by atoms with Crippen molar-refractivity contribution in [2.75, 3.05) is 24.4 Å². The van der Waals surface area contributed by atoms with Gasteiger partial charge in [0.1, 0.15) is 11.6 Å². The van der Waals surface area contributed by atoms with E-state index in [1.807, 2.05) is 0 Å². The van der Waals surface area contributed by atoms with Gasteiger partial charge in [0.05, 0.1) is 23.7 Å². The Bertz CT molecular complexity index is 1130. The van der Waals surface area contributed by atoms with Crippen molar-refractivity contribution in [3.8, 4) is 5.75 Å². The van der Waals surface area contributed by atoms with Crippen LogP contribution in [0, 0.1) is 12.7 Å². The smallest absolute Gasteiger partial charge is 0.420 e. The zero-order chi connectivity index (χ0) is 23.7. The predicted octanol–water partition coefficient (Wildman–Crippen LogP) is 6.15. The number of fused-ring (bicyclic) bond motifs is 1. The van der Waals surface area contributed by atoms with Crippen LogP contribution in [0.15, 0.2) is 42.5 Å². The zero-order valence-corrected chi connectivity index (χ0v) is 19.0. The molecule has 0 aliphatic carbocycles. The third-order valence-corrected chi connectivity index (χ3v) is 6.07. The summed E-state index contributed by atoms with van der Waals surface area (Å²) in [5, 5.41) is 14.1. The molecule has 10 heteroatoms. The van der Waals surface area contributed by atoms with Gasteiger partial charge < -0.3 is 15.2 Å². The van der Waals surface area contributed by atoms with Crippen LogP contribution < -0.4 is 10.1 Å². The Kier molecular flexibility index (Phi) is 7.12. The number of alkyl halides is 3. The highest BCUT2D eigenvalue weighted by molar-refractivity contribution is 7.98. The van der Waals surface area contributed by atoms with Crippen LogP contribution >= 0.6 is 23.4 Å². The second-order valence-corrected chi connectivity index (χ2v) is 8.54. The fraction of sp³-hybridized carbons (Fsp3) is 0.318. The summed E-state index contributed by atoms with van der Waals surface area (Å²) in [6.45, 7) is 1.79. The van der Waals surface area contributed by atoms with Gasteiger partial charge >= 0.3 is 6.18 Å². The van der Waals surface area contributed by atoms with E-state index < -0.39 is 29.4 Å². The van der Waals surface area contributed by atoms with Crippen molar-refractivity contribution in [1.29, 1.82) is 0 Å². The molecular weight excluding hydrogens is 468 g/mol. The number of halogens is 5. The monoisotopic (exact) mass is 488 g/mol. The predicted molar refractivity (Wildman–Crippen MR) is 120 cm³/mol. The largest absolute Gasteiger partial charge is 0.495 e. The molecule has 0 radical (unpaired) electrons. The number of pyridine rings is 1. The summed E-state index contributed by atoms with van der Waals surface area (Å²) in [6.07, 6.45) is -3.62. The quantitative estimate of drug-likeness (QED) is 0.390. The van der Waals surface area contributed by atoms with Gasteiger partial charge in [0.15, 0.2) is 5.60 Å². The van der Waals surface area contributed by atoms with E-state index in [1.165, 1.54) is 13.4 Å². The minimum Gasteiger partial charge on any atom is -0.495 e. The van der Waals surface area contributed by atoms with E-state index in [4.69, 9.17) is 16.3 Å². The molecule has 4 nitrogen and oxygen atoms in total. The van der Waals surface area contributed by atoms with Crippen LogP contribution in [-0.2, 0) is 0 Å².